The van der Waals surface area contributed by atoms with E-state index in [-0.39, 0.29) is 0 Å². The van der Waals surface area contributed by atoms with Crippen LogP contribution in [0.4, 0.5) is 5.69 Å². The minimum absolute atomic E-state index is 0.613. The van der Waals surface area contributed by atoms with Gasteiger partial charge in [0.15, 0.2) is 0 Å². The highest BCUT2D eigenvalue weighted by Crippen LogP contribution is 2.11. The summed E-state index contributed by atoms with van der Waals surface area (Å²) in [6.45, 7) is 1.37. The lowest BCUT2D eigenvalue weighted by molar-refractivity contribution is 0.687. The Bertz CT molecular complexity index is 284. The topological polar surface area (TPSA) is 55.1 Å². The Balaban J connectivity index is 2.64. The van der Waals surface area contributed by atoms with Gasteiger partial charge in [0.1, 0.15) is 0 Å². The lowest BCUT2D eigenvalue weighted by Crippen LogP contribution is -2.12. The van der Waals surface area contributed by atoms with E-state index >= 15 is 0 Å². The molecule has 0 aliphatic rings. The summed E-state index contributed by atoms with van der Waals surface area (Å²) in [6.07, 6.45) is 1.67. The van der Waals surface area contributed by atoms with E-state index in [0.717, 1.165) is 17.1 Å². The number of hydrogen-bond donors (Lipinski definition) is 2. The SMILES string of the molecule is CS(=O)c1ccc(NCCN)cc1. The molecule has 0 aliphatic carbocycles. The number of anilines is 1. The van der Waals surface area contributed by atoms with Crippen molar-refractivity contribution < 1.29 is 4.21 Å². The molecule has 1 unspecified atom stereocenters. The van der Waals surface area contributed by atoms with E-state index in [4.69, 9.17) is 5.73 Å². The van der Waals surface area contributed by atoms with Gasteiger partial charge in [0.25, 0.3) is 0 Å². The van der Waals surface area contributed by atoms with Crippen molar-refractivity contribution in [3.8, 4) is 0 Å². The first kappa shape index (κ1) is 10.2. The first-order chi connectivity index (χ1) is 6.24. The fourth-order valence-electron chi connectivity index (χ4n) is 0.981. The molecule has 4 heteroatoms. The predicted molar refractivity (Wildman–Crippen MR) is 56.3 cm³/mol. The van der Waals surface area contributed by atoms with Gasteiger partial charge in [0.05, 0.1) is 0 Å². The van der Waals surface area contributed by atoms with Crippen molar-refractivity contribution in [2.24, 2.45) is 5.73 Å². The van der Waals surface area contributed by atoms with Gasteiger partial charge in [0, 0.05) is 40.7 Å². The molecular weight excluding hydrogens is 184 g/mol. The van der Waals surface area contributed by atoms with Gasteiger partial charge in [-0.15, -0.1) is 0 Å². The van der Waals surface area contributed by atoms with Crippen LogP contribution in [0.25, 0.3) is 0 Å². The summed E-state index contributed by atoms with van der Waals surface area (Å²) in [4.78, 5) is 0.846. The van der Waals surface area contributed by atoms with E-state index in [1.54, 1.807) is 6.26 Å². The lowest BCUT2D eigenvalue weighted by atomic mass is 10.3. The van der Waals surface area contributed by atoms with Crippen LogP contribution in [0.1, 0.15) is 0 Å². The van der Waals surface area contributed by atoms with E-state index in [2.05, 4.69) is 5.32 Å². The van der Waals surface area contributed by atoms with Gasteiger partial charge >= 0.3 is 0 Å². The molecular formula is C9H14N2OS. The molecule has 3 N–H and O–H groups in total. The second kappa shape index (κ2) is 4.99. The summed E-state index contributed by atoms with van der Waals surface area (Å²) in [5.41, 5.74) is 6.36. The third kappa shape index (κ3) is 3.16. The Morgan fingerprint density at radius 2 is 2.00 bits per heavy atom. The molecule has 0 amide bonds. The van der Waals surface area contributed by atoms with Crippen molar-refractivity contribution in [3.05, 3.63) is 24.3 Å². The van der Waals surface area contributed by atoms with Crippen LogP contribution in [-0.2, 0) is 10.8 Å². The van der Waals surface area contributed by atoms with Gasteiger partial charge in [0.2, 0.25) is 0 Å². The van der Waals surface area contributed by atoms with E-state index in [0.29, 0.717) is 6.54 Å². The van der Waals surface area contributed by atoms with Gasteiger partial charge < -0.3 is 11.1 Å². The maximum Gasteiger partial charge on any atom is 0.0498 e. The predicted octanol–water partition coefficient (Wildman–Crippen LogP) is 0.795. The largest absolute Gasteiger partial charge is 0.384 e. The zero-order valence-electron chi connectivity index (χ0n) is 7.62. The minimum Gasteiger partial charge on any atom is -0.384 e. The summed E-state index contributed by atoms with van der Waals surface area (Å²) < 4.78 is 11.0. The van der Waals surface area contributed by atoms with Crippen LogP contribution in [0.5, 0.6) is 0 Å². The van der Waals surface area contributed by atoms with Gasteiger partial charge in [-0.25, -0.2) is 0 Å². The molecule has 0 fully saturated rings. The van der Waals surface area contributed by atoms with Crippen molar-refractivity contribution in [2.45, 2.75) is 4.90 Å². The first-order valence-electron chi connectivity index (χ1n) is 4.11. The molecule has 0 bridgehead atoms. The Hall–Kier alpha value is -0.870. The van der Waals surface area contributed by atoms with Crippen LogP contribution in [-0.4, -0.2) is 23.6 Å². The molecule has 0 saturated heterocycles. The van der Waals surface area contributed by atoms with Gasteiger partial charge in [-0.2, -0.15) is 0 Å². The van der Waals surface area contributed by atoms with Crippen LogP contribution in [0.2, 0.25) is 0 Å². The zero-order chi connectivity index (χ0) is 9.68. The molecule has 1 atom stereocenters. The summed E-state index contributed by atoms with van der Waals surface area (Å²) in [5, 5.41) is 3.14. The number of benzene rings is 1. The first-order valence-corrected chi connectivity index (χ1v) is 5.67. The quantitative estimate of drug-likeness (QED) is 0.752. The van der Waals surface area contributed by atoms with Crippen molar-refractivity contribution in [3.63, 3.8) is 0 Å². The normalized spacial score (nSPS) is 12.5. The average molecular weight is 198 g/mol. The van der Waals surface area contributed by atoms with E-state index < -0.39 is 10.8 Å². The third-order valence-electron chi connectivity index (χ3n) is 1.66. The molecule has 1 aromatic rings. The highest BCUT2D eigenvalue weighted by molar-refractivity contribution is 7.84. The summed E-state index contributed by atoms with van der Waals surface area (Å²) in [5.74, 6) is 0. The third-order valence-corrected chi connectivity index (χ3v) is 2.60. The molecule has 0 spiro atoms. The number of nitrogens with two attached hydrogens (primary N) is 1. The highest BCUT2D eigenvalue weighted by atomic mass is 32.2. The molecule has 0 aliphatic heterocycles. The van der Waals surface area contributed by atoms with Crippen molar-refractivity contribution in [1.82, 2.24) is 0 Å². The Labute approximate surface area is 80.8 Å². The van der Waals surface area contributed by atoms with Crippen LogP contribution in [0, 0.1) is 0 Å². The second-order valence-electron chi connectivity index (χ2n) is 2.69. The van der Waals surface area contributed by atoms with E-state index in [1.807, 2.05) is 24.3 Å². The molecule has 1 rings (SSSR count). The van der Waals surface area contributed by atoms with Crippen LogP contribution in [0.15, 0.2) is 29.2 Å². The second-order valence-corrected chi connectivity index (χ2v) is 4.07. The van der Waals surface area contributed by atoms with Crippen molar-refractivity contribution in [2.75, 3.05) is 24.7 Å². The van der Waals surface area contributed by atoms with E-state index in [9.17, 15) is 4.21 Å². The molecule has 13 heavy (non-hydrogen) atoms. The van der Waals surface area contributed by atoms with Crippen molar-refractivity contribution >= 4 is 16.5 Å². The molecule has 0 heterocycles. The number of hydrogen-bond acceptors (Lipinski definition) is 3. The van der Waals surface area contributed by atoms with Gasteiger partial charge in [-0.1, -0.05) is 0 Å². The molecule has 1 aromatic carbocycles. The molecule has 0 radical (unpaired) electrons. The zero-order valence-corrected chi connectivity index (χ0v) is 8.43. The lowest BCUT2D eigenvalue weighted by Gasteiger charge is -2.04. The fourth-order valence-corrected chi connectivity index (χ4v) is 1.50. The van der Waals surface area contributed by atoms with Gasteiger partial charge in [-0.05, 0) is 24.3 Å². The fraction of sp³-hybridized carbons (Fsp3) is 0.333. The van der Waals surface area contributed by atoms with Crippen LogP contribution >= 0.6 is 0 Å². The molecule has 0 aromatic heterocycles. The van der Waals surface area contributed by atoms with Crippen LogP contribution < -0.4 is 11.1 Å². The molecule has 72 valence electrons. The van der Waals surface area contributed by atoms with Gasteiger partial charge in [-0.3, -0.25) is 4.21 Å². The highest BCUT2D eigenvalue weighted by Gasteiger charge is 1.96. The van der Waals surface area contributed by atoms with E-state index in [1.165, 1.54) is 0 Å². The maximum atomic E-state index is 11.0. The summed E-state index contributed by atoms with van der Waals surface area (Å²) >= 11 is 0. The number of nitrogens with one attached hydrogen (secondary N) is 1. The smallest absolute Gasteiger partial charge is 0.0498 e. The maximum absolute atomic E-state index is 11.0. The number of rotatable bonds is 4. The Morgan fingerprint density at radius 1 is 1.38 bits per heavy atom. The minimum atomic E-state index is -0.895. The Morgan fingerprint density at radius 3 is 2.46 bits per heavy atom. The summed E-state index contributed by atoms with van der Waals surface area (Å²) in [6, 6.07) is 7.53. The van der Waals surface area contributed by atoms with Crippen molar-refractivity contribution in [1.29, 1.82) is 0 Å². The molecule has 3 nitrogen and oxygen atoms in total. The standard InChI is InChI=1S/C9H14N2OS/c1-13(12)9-4-2-8(3-5-9)11-7-6-10/h2-5,11H,6-7,10H2,1H3. The molecule has 0 saturated carbocycles. The average Bonchev–Trinajstić information content (AvgIpc) is 2.15. The Kier molecular flexibility index (Phi) is 3.92. The monoisotopic (exact) mass is 198 g/mol. The summed E-state index contributed by atoms with van der Waals surface area (Å²) in [7, 11) is -0.895. The van der Waals surface area contributed by atoms with Crippen LogP contribution in [0.3, 0.4) is 0 Å².